The third-order valence-corrected chi connectivity index (χ3v) is 14.8. The van der Waals surface area contributed by atoms with E-state index in [-0.39, 0.29) is 60.1 Å². The number of methoxy groups -OCH3 is 2. The number of nitrogens with one attached hydrogen (secondary N) is 4. The molecule has 2 aromatic heterocycles. The van der Waals surface area contributed by atoms with Gasteiger partial charge in [-0.15, -0.1) is 0 Å². The van der Waals surface area contributed by atoms with Gasteiger partial charge in [0.05, 0.1) is 73.6 Å². The molecule has 68 heavy (non-hydrogen) atoms. The minimum Gasteiger partial charge on any atom is -0.488 e. The van der Waals surface area contributed by atoms with E-state index in [4.69, 9.17) is 33.7 Å². The molecule has 5 aliphatic rings. The predicted octanol–water partition coefficient (Wildman–Crippen LogP) is 7.85. The first-order chi connectivity index (χ1) is 32.8. The van der Waals surface area contributed by atoms with Crippen molar-refractivity contribution in [1.82, 2.24) is 40.4 Å². The number of aromatic amines is 2. The molecule has 0 spiro atoms. The van der Waals surface area contributed by atoms with Gasteiger partial charge in [0, 0.05) is 24.0 Å². The maximum absolute atomic E-state index is 14.4. The zero-order chi connectivity index (χ0) is 47.4. The van der Waals surface area contributed by atoms with E-state index in [1.807, 2.05) is 49.8 Å². The quantitative estimate of drug-likeness (QED) is 0.112. The second kappa shape index (κ2) is 18.7. The Morgan fingerprint density at radius 2 is 1.31 bits per heavy atom. The summed E-state index contributed by atoms with van der Waals surface area (Å²) in [5.41, 5.74) is 6.58. The fourth-order valence-electron chi connectivity index (χ4n) is 11.9. The number of carbonyl (C=O) groups excluding carboxylic acids is 4. The first-order valence-corrected chi connectivity index (χ1v) is 24.2. The summed E-state index contributed by atoms with van der Waals surface area (Å²) in [4.78, 5) is 74.6. The summed E-state index contributed by atoms with van der Waals surface area (Å²) in [5, 5.41) is 7.70. The van der Waals surface area contributed by atoms with Gasteiger partial charge in [-0.1, -0.05) is 18.2 Å². The topological polar surface area (TPSA) is 202 Å². The van der Waals surface area contributed by atoms with Crippen molar-refractivity contribution < 1.29 is 42.9 Å². The molecule has 17 nitrogen and oxygen atoms in total. The smallest absolute Gasteiger partial charge is 0.407 e. The Morgan fingerprint density at radius 3 is 1.90 bits per heavy atom. The lowest BCUT2D eigenvalue weighted by molar-refractivity contribution is -0.139. The Hall–Kier alpha value is -6.20. The van der Waals surface area contributed by atoms with E-state index in [0.29, 0.717) is 57.0 Å². The highest BCUT2D eigenvalue weighted by Gasteiger charge is 2.44. The number of imidazole rings is 2. The molecule has 5 aromatic rings. The molecular formula is C51H62N8O9. The molecule has 4 fully saturated rings. The summed E-state index contributed by atoms with van der Waals surface area (Å²) in [6, 6.07) is 12.7. The number of rotatable bonds is 9. The van der Waals surface area contributed by atoms with Crippen molar-refractivity contribution >= 4 is 45.8 Å². The van der Waals surface area contributed by atoms with Gasteiger partial charge in [0.2, 0.25) is 11.8 Å². The maximum Gasteiger partial charge on any atom is 0.407 e. The van der Waals surface area contributed by atoms with Gasteiger partial charge in [-0.05, 0) is 137 Å². The number of benzene rings is 3. The van der Waals surface area contributed by atoms with Crippen molar-refractivity contribution in [2.24, 2.45) is 11.8 Å². The van der Waals surface area contributed by atoms with Gasteiger partial charge in [0.25, 0.3) is 0 Å². The van der Waals surface area contributed by atoms with Crippen LogP contribution in [-0.4, -0.2) is 118 Å². The second-order valence-corrected chi connectivity index (χ2v) is 19.6. The molecule has 0 aliphatic carbocycles. The van der Waals surface area contributed by atoms with Gasteiger partial charge in [-0.2, -0.15) is 0 Å². The number of aromatic nitrogens is 4. The molecule has 5 aliphatic heterocycles. The number of amides is 4. The minimum atomic E-state index is -0.741. The molecule has 0 bridgehead atoms. The van der Waals surface area contributed by atoms with Crippen LogP contribution in [-0.2, 0) is 35.1 Å². The zero-order valence-electron chi connectivity index (χ0n) is 39.6. The van der Waals surface area contributed by atoms with Crippen LogP contribution in [0.3, 0.4) is 0 Å². The average molecular weight is 931 g/mol. The van der Waals surface area contributed by atoms with E-state index in [9.17, 15) is 19.2 Å². The predicted molar refractivity (Wildman–Crippen MR) is 252 cm³/mol. The third-order valence-electron chi connectivity index (χ3n) is 14.8. The number of likely N-dealkylation sites (tertiary alicyclic amines) is 2. The molecule has 8 atom stereocenters. The van der Waals surface area contributed by atoms with Crippen molar-refractivity contribution in [2.45, 2.75) is 134 Å². The average Bonchev–Trinajstić information content (AvgIpc) is 4.17. The van der Waals surface area contributed by atoms with Gasteiger partial charge in [0.15, 0.2) is 0 Å². The molecule has 360 valence electrons. The highest BCUT2D eigenvalue weighted by molar-refractivity contribution is 6.07. The van der Waals surface area contributed by atoms with Gasteiger partial charge >= 0.3 is 12.2 Å². The summed E-state index contributed by atoms with van der Waals surface area (Å²) >= 11 is 0. The van der Waals surface area contributed by atoms with Crippen LogP contribution in [0.2, 0.25) is 0 Å². The Kier molecular flexibility index (Phi) is 12.5. The molecule has 7 heterocycles. The normalized spacial score (nSPS) is 26.7. The lowest BCUT2D eigenvalue weighted by Crippen LogP contribution is -2.54. The molecule has 4 N–H and O–H groups in total. The monoisotopic (exact) mass is 930 g/mol. The van der Waals surface area contributed by atoms with Crippen LogP contribution < -0.4 is 15.4 Å². The molecule has 4 saturated heterocycles. The molecule has 17 heteroatoms. The Morgan fingerprint density at radius 1 is 0.721 bits per heavy atom. The van der Waals surface area contributed by atoms with Crippen molar-refractivity contribution in [2.75, 3.05) is 27.3 Å². The van der Waals surface area contributed by atoms with E-state index in [0.717, 1.165) is 81.2 Å². The zero-order valence-corrected chi connectivity index (χ0v) is 39.6. The molecule has 0 saturated carbocycles. The molecule has 2 unspecified atom stereocenters. The summed E-state index contributed by atoms with van der Waals surface area (Å²) in [5.74, 6) is 1.75. The first kappa shape index (κ1) is 45.6. The molecule has 3 aromatic carbocycles. The number of carbonyl (C=O) groups is 4. The van der Waals surface area contributed by atoms with Gasteiger partial charge < -0.3 is 54.1 Å². The standard InChI is InChI=1S/C51H62N8O9/c1-26-17-32(18-27(2)67-26)43(56-50(62)64-5)48(60)58-15-7-9-40(58)46-52-24-39(54-46)31-11-13-35-34(21-31)25-66-42-23-36-30(22-37(35)42)12-14-38-45(36)55-47(53-38)41-10-8-16-59(41)49(61)44(57-51(63)65-6)33-19-28(3)68-29(4)20-33/h11-14,21-24,26-29,32-33,40-41,43-44H,7-10,15-20,25H2,1-6H3,(H,52,54)(H,53,55)(H,56,62)(H,57,63)/t26-,27-,28-,29-,40+,41+,43?,44?/m1/s1. The third kappa shape index (κ3) is 8.74. The lowest BCUT2D eigenvalue weighted by Gasteiger charge is -2.38. The van der Waals surface area contributed by atoms with Crippen LogP contribution in [0.4, 0.5) is 9.59 Å². The number of hydrogen-bond donors (Lipinski definition) is 4. The molecule has 0 radical (unpaired) electrons. The van der Waals surface area contributed by atoms with E-state index < -0.39 is 24.3 Å². The number of nitrogens with zero attached hydrogens (tertiary/aromatic N) is 4. The van der Waals surface area contributed by atoms with E-state index >= 15 is 0 Å². The van der Waals surface area contributed by atoms with Crippen LogP contribution in [0.15, 0.2) is 48.7 Å². The molecular weight excluding hydrogens is 869 g/mol. The summed E-state index contributed by atoms with van der Waals surface area (Å²) in [7, 11) is 2.63. The Bertz CT molecular complexity index is 2720. The highest BCUT2D eigenvalue weighted by atomic mass is 16.5. The van der Waals surface area contributed by atoms with Crippen molar-refractivity contribution in [3.8, 4) is 28.1 Å². The van der Waals surface area contributed by atoms with Crippen LogP contribution >= 0.6 is 0 Å². The SMILES string of the molecule is COC(=O)NC(C(=O)N1CCC[C@H]1c1ncc(-c2ccc3c(c2)COc2cc4c(ccc5[nH]c([C@@H]6CCCN6C(=O)C(NC(=O)OC)C6C[C@@H](C)O[C@H](C)C6)nc54)cc2-3)[nH]1)C1C[C@@H](C)O[C@H](C)C1. The van der Waals surface area contributed by atoms with Gasteiger partial charge in [0.1, 0.15) is 36.1 Å². The minimum absolute atomic E-state index is 0.0256. The Labute approximate surface area is 395 Å². The fraction of sp³-hybridized carbons (Fsp3) is 0.529. The molecule has 4 amide bonds. The maximum atomic E-state index is 14.4. The van der Waals surface area contributed by atoms with Crippen LogP contribution in [0.1, 0.15) is 108 Å². The van der Waals surface area contributed by atoms with Gasteiger partial charge in [-0.25, -0.2) is 19.6 Å². The first-order valence-electron chi connectivity index (χ1n) is 24.2. The number of hydrogen-bond acceptors (Lipinski definition) is 11. The number of ether oxygens (including phenoxy) is 5. The largest absolute Gasteiger partial charge is 0.488 e. The number of fused-ring (bicyclic) bond motifs is 6. The van der Waals surface area contributed by atoms with E-state index in [2.05, 4.69) is 57.0 Å². The van der Waals surface area contributed by atoms with E-state index in [1.165, 1.54) is 14.2 Å². The fourth-order valence-corrected chi connectivity index (χ4v) is 11.9. The van der Waals surface area contributed by atoms with Crippen LogP contribution in [0.25, 0.3) is 44.2 Å². The Balaban J connectivity index is 0.876. The number of alkyl carbamates (subject to hydrolysis) is 2. The van der Waals surface area contributed by atoms with Crippen molar-refractivity contribution in [3.63, 3.8) is 0 Å². The van der Waals surface area contributed by atoms with Crippen LogP contribution in [0, 0.1) is 11.8 Å². The number of H-pyrrole nitrogens is 2. The summed E-state index contributed by atoms with van der Waals surface area (Å²) in [6.45, 7) is 9.52. The highest BCUT2D eigenvalue weighted by Crippen LogP contribution is 2.44. The van der Waals surface area contributed by atoms with Crippen molar-refractivity contribution in [3.05, 3.63) is 65.9 Å². The summed E-state index contributed by atoms with van der Waals surface area (Å²) in [6.07, 6.45) is 6.24. The second-order valence-electron chi connectivity index (χ2n) is 19.6. The van der Waals surface area contributed by atoms with Gasteiger partial charge in [-0.3, -0.25) is 9.59 Å². The summed E-state index contributed by atoms with van der Waals surface area (Å²) < 4.78 is 28.3. The lowest BCUT2D eigenvalue weighted by atomic mass is 9.85. The molecule has 10 rings (SSSR count). The van der Waals surface area contributed by atoms with E-state index in [1.54, 1.807) is 0 Å². The van der Waals surface area contributed by atoms with Crippen LogP contribution in [0.5, 0.6) is 5.75 Å². The van der Waals surface area contributed by atoms with Crippen molar-refractivity contribution in [1.29, 1.82) is 0 Å².